The molecule has 0 saturated carbocycles. The summed E-state index contributed by atoms with van der Waals surface area (Å²) in [5.74, 6) is 0.104. The fourth-order valence-electron chi connectivity index (χ4n) is 1.22. The number of hydrogen-bond acceptors (Lipinski definition) is 1. The summed E-state index contributed by atoms with van der Waals surface area (Å²) < 4.78 is 0. The van der Waals surface area contributed by atoms with E-state index in [1.807, 2.05) is 65.8 Å². The Morgan fingerprint density at radius 1 is 1.10 bits per heavy atom. The van der Waals surface area contributed by atoms with E-state index in [1.165, 1.54) is 0 Å². The number of Topliss-reactive ketones (excluding diaryl/α,β-unsaturated/α-hetero) is 1. The zero-order chi connectivity index (χ0) is 16.4. The highest BCUT2D eigenvalue weighted by Crippen LogP contribution is 2.12. The molecular weight excluding hydrogens is 244 g/mol. The van der Waals surface area contributed by atoms with Gasteiger partial charge in [0.15, 0.2) is 5.78 Å². The molecule has 20 heavy (non-hydrogen) atoms. The maximum atomic E-state index is 11.9. The largest absolute Gasteiger partial charge is 0.294 e. The van der Waals surface area contributed by atoms with Gasteiger partial charge in [0.25, 0.3) is 0 Å². The molecule has 0 aromatic rings. The van der Waals surface area contributed by atoms with Crippen LogP contribution in [0.2, 0.25) is 0 Å². The van der Waals surface area contributed by atoms with Crippen molar-refractivity contribution in [1.82, 2.24) is 0 Å². The topological polar surface area (TPSA) is 17.1 Å². The van der Waals surface area contributed by atoms with Crippen molar-refractivity contribution in [2.75, 3.05) is 0 Å². The zero-order valence-corrected chi connectivity index (χ0v) is 14.1. The summed E-state index contributed by atoms with van der Waals surface area (Å²) in [6.45, 7) is 19.1. The third-order valence-electron chi connectivity index (χ3n) is 2.18. The average molecular weight is 276 g/mol. The van der Waals surface area contributed by atoms with E-state index in [-0.39, 0.29) is 11.7 Å². The standard InChI is InChI=1S/C15H20O.2C2H6/c1-5-8-10-11-13(4)15(16)14(7-3)12-9-6-2;2*1-2/h5-10,12-13H,1,3,11H2,2,4H3;2*1-2H3/b9-6-,10-8-,14-12+;;. The molecule has 0 aromatic carbocycles. The van der Waals surface area contributed by atoms with Crippen LogP contribution in [0.1, 0.15) is 48.0 Å². The van der Waals surface area contributed by atoms with Crippen molar-refractivity contribution in [2.24, 2.45) is 5.92 Å². The quantitative estimate of drug-likeness (QED) is 0.407. The summed E-state index contributed by atoms with van der Waals surface area (Å²) in [5.41, 5.74) is 0.664. The van der Waals surface area contributed by atoms with E-state index in [9.17, 15) is 4.79 Å². The molecule has 0 bridgehead atoms. The Morgan fingerprint density at radius 3 is 2.05 bits per heavy atom. The van der Waals surface area contributed by atoms with Crippen LogP contribution in [-0.2, 0) is 4.79 Å². The predicted octanol–water partition coefficient (Wildman–Crippen LogP) is 6.06. The third-order valence-corrected chi connectivity index (χ3v) is 2.18. The van der Waals surface area contributed by atoms with Gasteiger partial charge in [0.05, 0.1) is 0 Å². The summed E-state index contributed by atoms with van der Waals surface area (Å²) >= 11 is 0. The SMILES string of the molecule is C=C/C=C\CC(C)C(=O)/C(C=C)=C/C=C\C.CC.CC. The summed E-state index contributed by atoms with van der Waals surface area (Å²) in [5, 5.41) is 0. The van der Waals surface area contributed by atoms with Crippen molar-refractivity contribution in [1.29, 1.82) is 0 Å². The maximum Gasteiger partial charge on any atom is 0.165 e. The summed E-state index contributed by atoms with van der Waals surface area (Å²) in [6.07, 6.45) is 13.4. The van der Waals surface area contributed by atoms with Crippen molar-refractivity contribution < 1.29 is 4.79 Å². The van der Waals surface area contributed by atoms with E-state index in [4.69, 9.17) is 0 Å². The number of hydrogen-bond donors (Lipinski definition) is 0. The molecule has 1 atom stereocenters. The molecule has 0 saturated heterocycles. The molecule has 0 aliphatic heterocycles. The van der Waals surface area contributed by atoms with Crippen LogP contribution >= 0.6 is 0 Å². The van der Waals surface area contributed by atoms with Gasteiger partial charge in [-0.05, 0) is 13.3 Å². The molecule has 114 valence electrons. The normalized spacial score (nSPS) is 12.0. The Morgan fingerprint density at radius 2 is 1.65 bits per heavy atom. The van der Waals surface area contributed by atoms with Crippen molar-refractivity contribution in [3.05, 3.63) is 61.3 Å². The third kappa shape index (κ3) is 12.8. The highest BCUT2D eigenvalue weighted by molar-refractivity contribution is 5.99. The molecule has 0 N–H and O–H groups in total. The molecule has 0 fully saturated rings. The Kier molecular flexibility index (Phi) is 23.1. The molecule has 0 heterocycles. The monoisotopic (exact) mass is 276 g/mol. The molecule has 0 aromatic heterocycles. The highest BCUT2D eigenvalue weighted by atomic mass is 16.1. The van der Waals surface area contributed by atoms with Crippen LogP contribution in [0, 0.1) is 5.92 Å². The minimum atomic E-state index is -0.0225. The summed E-state index contributed by atoms with van der Waals surface area (Å²) in [7, 11) is 0. The Labute approximate surface area is 126 Å². The first-order valence-electron chi connectivity index (χ1n) is 7.44. The number of ketones is 1. The van der Waals surface area contributed by atoms with Crippen LogP contribution in [0.5, 0.6) is 0 Å². The van der Waals surface area contributed by atoms with Gasteiger partial charge in [-0.15, -0.1) is 0 Å². The van der Waals surface area contributed by atoms with Gasteiger partial charge in [-0.3, -0.25) is 4.79 Å². The fourth-order valence-corrected chi connectivity index (χ4v) is 1.22. The van der Waals surface area contributed by atoms with Crippen LogP contribution in [0.3, 0.4) is 0 Å². The molecule has 0 spiro atoms. The molecule has 0 radical (unpaired) electrons. The van der Waals surface area contributed by atoms with Crippen molar-refractivity contribution >= 4 is 5.78 Å². The van der Waals surface area contributed by atoms with E-state index in [1.54, 1.807) is 18.2 Å². The van der Waals surface area contributed by atoms with Gasteiger partial charge < -0.3 is 0 Å². The van der Waals surface area contributed by atoms with Gasteiger partial charge in [-0.2, -0.15) is 0 Å². The van der Waals surface area contributed by atoms with Gasteiger partial charge in [0.2, 0.25) is 0 Å². The lowest BCUT2D eigenvalue weighted by atomic mass is 9.96. The number of rotatable bonds is 7. The van der Waals surface area contributed by atoms with Crippen LogP contribution in [-0.4, -0.2) is 5.78 Å². The molecular formula is C19H32O. The Bertz CT molecular complexity index is 330. The van der Waals surface area contributed by atoms with Gasteiger partial charge in [-0.25, -0.2) is 0 Å². The molecule has 1 heteroatoms. The second kappa shape index (κ2) is 19.7. The summed E-state index contributed by atoms with van der Waals surface area (Å²) in [6, 6.07) is 0. The fraction of sp³-hybridized carbons (Fsp3) is 0.421. The molecule has 1 unspecified atom stereocenters. The average Bonchev–Trinajstić information content (AvgIpc) is 2.52. The highest BCUT2D eigenvalue weighted by Gasteiger charge is 2.13. The first kappa shape index (κ1) is 23.5. The van der Waals surface area contributed by atoms with Crippen molar-refractivity contribution in [3.8, 4) is 0 Å². The van der Waals surface area contributed by atoms with Gasteiger partial charge in [0.1, 0.15) is 0 Å². The van der Waals surface area contributed by atoms with E-state index in [0.717, 1.165) is 6.42 Å². The van der Waals surface area contributed by atoms with Crippen LogP contribution in [0.15, 0.2) is 61.3 Å². The van der Waals surface area contributed by atoms with Crippen LogP contribution in [0.4, 0.5) is 0 Å². The zero-order valence-electron chi connectivity index (χ0n) is 14.1. The second-order valence-electron chi connectivity index (χ2n) is 3.52. The smallest absolute Gasteiger partial charge is 0.165 e. The Balaban J connectivity index is -0.000000656. The minimum absolute atomic E-state index is 0.0225. The van der Waals surface area contributed by atoms with Gasteiger partial charge >= 0.3 is 0 Å². The summed E-state index contributed by atoms with van der Waals surface area (Å²) in [4.78, 5) is 11.9. The second-order valence-corrected chi connectivity index (χ2v) is 3.52. The van der Waals surface area contributed by atoms with E-state index in [0.29, 0.717) is 5.57 Å². The van der Waals surface area contributed by atoms with Gasteiger partial charge in [-0.1, -0.05) is 90.3 Å². The maximum absolute atomic E-state index is 11.9. The molecule has 0 aliphatic rings. The Hall–Kier alpha value is -1.63. The minimum Gasteiger partial charge on any atom is -0.294 e. The predicted molar refractivity (Wildman–Crippen MR) is 93.9 cm³/mol. The molecule has 0 amide bonds. The lowest BCUT2D eigenvalue weighted by Gasteiger charge is -2.07. The van der Waals surface area contributed by atoms with Crippen LogP contribution < -0.4 is 0 Å². The number of allylic oxidation sites excluding steroid dienone is 8. The van der Waals surface area contributed by atoms with Crippen molar-refractivity contribution in [3.63, 3.8) is 0 Å². The van der Waals surface area contributed by atoms with E-state index in [2.05, 4.69) is 13.2 Å². The molecule has 0 rings (SSSR count). The molecule has 0 aliphatic carbocycles. The first-order chi connectivity index (χ1) is 9.67. The van der Waals surface area contributed by atoms with Crippen LogP contribution in [0.25, 0.3) is 0 Å². The van der Waals surface area contributed by atoms with Gasteiger partial charge in [0, 0.05) is 11.5 Å². The lowest BCUT2D eigenvalue weighted by molar-refractivity contribution is -0.118. The van der Waals surface area contributed by atoms with E-state index >= 15 is 0 Å². The van der Waals surface area contributed by atoms with Crippen molar-refractivity contribution in [2.45, 2.75) is 48.0 Å². The van der Waals surface area contributed by atoms with E-state index < -0.39 is 0 Å². The lowest BCUT2D eigenvalue weighted by Crippen LogP contribution is -2.11. The molecule has 1 nitrogen and oxygen atoms in total. The first-order valence-corrected chi connectivity index (χ1v) is 7.44. The number of carbonyl (C=O) groups is 1. The number of carbonyl (C=O) groups excluding carboxylic acids is 1.